The monoisotopic (exact) mass is 255 g/mol. The van der Waals surface area contributed by atoms with Gasteiger partial charge < -0.3 is 5.32 Å². The Labute approximate surface area is 102 Å². The summed E-state index contributed by atoms with van der Waals surface area (Å²) in [4.78, 5) is 4.07. The van der Waals surface area contributed by atoms with Crippen molar-refractivity contribution in [2.45, 2.75) is 37.8 Å². The number of pyridine rings is 1. The number of nitrogens with zero attached hydrogens (tertiary/aromatic N) is 1. The molecule has 0 amide bonds. The zero-order valence-corrected chi connectivity index (χ0v) is 10.8. The van der Waals surface area contributed by atoms with Crippen LogP contribution < -0.4 is 10.0 Å². The maximum atomic E-state index is 12.0. The molecule has 17 heavy (non-hydrogen) atoms. The summed E-state index contributed by atoms with van der Waals surface area (Å²) >= 11 is 0. The first-order valence-electron chi connectivity index (χ1n) is 5.81. The maximum absolute atomic E-state index is 12.0. The van der Waals surface area contributed by atoms with Crippen LogP contribution in [0.2, 0.25) is 0 Å². The standard InChI is InChI=1S/C11H17N3O2S/c1-3-8(4-2)11-13-9-5-6-12-7-10(9)17(15,16)14-11/h5-8,11,13-14H,3-4H2,1-2H3. The molecule has 2 rings (SSSR count). The molecule has 0 aliphatic carbocycles. The van der Waals surface area contributed by atoms with Gasteiger partial charge >= 0.3 is 0 Å². The second-order valence-corrected chi connectivity index (χ2v) is 5.87. The van der Waals surface area contributed by atoms with E-state index in [1.54, 1.807) is 12.3 Å². The van der Waals surface area contributed by atoms with E-state index in [4.69, 9.17) is 0 Å². The average Bonchev–Trinajstić information content (AvgIpc) is 2.30. The van der Waals surface area contributed by atoms with Crippen LogP contribution in [-0.4, -0.2) is 19.6 Å². The smallest absolute Gasteiger partial charge is 0.245 e. The minimum Gasteiger partial charge on any atom is -0.367 e. The fraction of sp³-hybridized carbons (Fsp3) is 0.545. The second kappa shape index (κ2) is 4.62. The molecule has 1 aliphatic rings. The predicted octanol–water partition coefficient (Wildman–Crippen LogP) is 1.55. The number of sulfonamides is 1. The Bertz CT molecular complexity index is 497. The molecule has 1 aromatic heterocycles. The number of anilines is 1. The third-order valence-electron chi connectivity index (χ3n) is 3.19. The summed E-state index contributed by atoms with van der Waals surface area (Å²) in [6.45, 7) is 4.12. The summed E-state index contributed by atoms with van der Waals surface area (Å²) in [6.07, 6.45) is 4.59. The van der Waals surface area contributed by atoms with Gasteiger partial charge in [0.25, 0.3) is 0 Å². The molecule has 5 nitrogen and oxygen atoms in total. The summed E-state index contributed by atoms with van der Waals surface area (Å²) < 4.78 is 26.7. The molecule has 0 aromatic carbocycles. The van der Waals surface area contributed by atoms with Crippen LogP contribution in [0.4, 0.5) is 5.69 Å². The van der Waals surface area contributed by atoms with Gasteiger partial charge in [0.2, 0.25) is 10.0 Å². The molecule has 0 spiro atoms. The summed E-state index contributed by atoms with van der Waals surface area (Å²) in [5.74, 6) is 0.283. The molecule has 1 atom stereocenters. The van der Waals surface area contributed by atoms with Crippen molar-refractivity contribution in [2.24, 2.45) is 5.92 Å². The third-order valence-corrected chi connectivity index (χ3v) is 4.66. The van der Waals surface area contributed by atoms with E-state index in [1.807, 2.05) is 0 Å². The lowest BCUT2D eigenvalue weighted by atomic mass is 10.00. The molecule has 1 aliphatic heterocycles. The number of hydrogen-bond donors (Lipinski definition) is 2. The van der Waals surface area contributed by atoms with Crippen LogP contribution in [-0.2, 0) is 10.0 Å². The normalized spacial score (nSPS) is 21.9. The van der Waals surface area contributed by atoms with Gasteiger partial charge in [0, 0.05) is 12.4 Å². The highest BCUT2D eigenvalue weighted by Crippen LogP contribution is 2.28. The SMILES string of the molecule is CCC(CC)C1Nc2ccncc2S(=O)(=O)N1. The molecule has 94 valence electrons. The molecule has 2 heterocycles. The molecular weight excluding hydrogens is 238 g/mol. The Kier molecular flexibility index (Phi) is 3.35. The Morgan fingerprint density at radius 3 is 2.76 bits per heavy atom. The lowest BCUT2D eigenvalue weighted by Crippen LogP contribution is -2.48. The molecular formula is C11H17N3O2S. The van der Waals surface area contributed by atoms with Gasteiger partial charge in [0.05, 0.1) is 11.9 Å². The Morgan fingerprint density at radius 1 is 1.41 bits per heavy atom. The summed E-state index contributed by atoms with van der Waals surface area (Å²) in [5, 5.41) is 3.22. The number of nitrogens with one attached hydrogen (secondary N) is 2. The Balaban J connectivity index is 2.38. The van der Waals surface area contributed by atoms with Crippen molar-refractivity contribution in [2.75, 3.05) is 5.32 Å². The number of fused-ring (bicyclic) bond motifs is 1. The summed E-state index contributed by atoms with van der Waals surface area (Å²) in [7, 11) is -3.43. The van der Waals surface area contributed by atoms with Gasteiger partial charge in [-0.05, 0) is 12.0 Å². The van der Waals surface area contributed by atoms with Crippen LogP contribution in [0, 0.1) is 5.92 Å². The van der Waals surface area contributed by atoms with Crippen molar-refractivity contribution < 1.29 is 8.42 Å². The average molecular weight is 255 g/mol. The van der Waals surface area contributed by atoms with E-state index < -0.39 is 10.0 Å². The van der Waals surface area contributed by atoms with E-state index in [1.165, 1.54) is 6.20 Å². The largest absolute Gasteiger partial charge is 0.367 e. The molecule has 1 aromatic rings. The van der Waals surface area contributed by atoms with E-state index in [2.05, 4.69) is 28.9 Å². The van der Waals surface area contributed by atoms with Gasteiger partial charge in [0.15, 0.2) is 0 Å². The van der Waals surface area contributed by atoms with Crippen molar-refractivity contribution in [3.8, 4) is 0 Å². The van der Waals surface area contributed by atoms with Crippen LogP contribution in [0.3, 0.4) is 0 Å². The second-order valence-electron chi connectivity index (χ2n) is 4.19. The van der Waals surface area contributed by atoms with Gasteiger partial charge in [0.1, 0.15) is 4.90 Å². The zero-order valence-electron chi connectivity index (χ0n) is 9.97. The maximum Gasteiger partial charge on any atom is 0.245 e. The minimum atomic E-state index is -3.43. The van der Waals surface area contributed by atoms with Crippen LogP contribution in [0.1, 0.15) is 26.7 Å². The molecule has 6 heteroatoms. The van der Waals surface area contributed by atoms with Crippen LogP contribution in [0.5, 0.6) is 0 Å². The first kappa shape index (κ1) is 12.3. The highest BCUT2D eigenvalue weighted by atomic mass is 32.2. The minimum absolute atomic E-state index is 0.224. The summed E-state index contributed by atoms with van der Waals surface area (Å²) in [5.41, 5.74) is 0.635. The molecule has 0 bridgehead atoms. The highest BCUT2D eigenvalue weighted by Gasteiger charge is 2.32. The van der Waals surface area contributed by atoms with Crippen molar-refractivity contribution >= 4 is 15.7 Å². The predicted molar refractivity (Wildman–Crippen MR) is 66.0 cm³/mol. The number of aromatic nitrogens is 1. The van der Waals surface area contributed by atoms with Crippen LogP contribution in [0.15, 0.2) is 23.4 Å². The van der Waals surface area contributed by atoms with Gasteiger partial charge in [-0.15, -0.1) is 0 Å². The quantitative estimate of drug-likeness (QED) is 0.859. The number of hydrogen-bond acceptors (Lipinski definition) is 4. The van der Waals surface area contributed by atoms with Crippen LogP contribution in [0.25, 0.3) is 0 Å². The van der Waals surface area contributed by atoms with Crippen molar-refractivity contribution in [3.63, 3.8) is 0 Å². The van der Waals surface area contributed by atoms with Crippen LogP contribution >= 0.6 is 0 Å². The van der Waals surface area contributed by atoms with Crippen molar-refractivity contribution in [1.29, 1.82) is 0 Å². The molecule has 0 saturated heterocycles. The lowest BCUT2D eigenvalue weighted by molar-refractivity contribution is 0.394. The molecule has 1 unspecified atom stereocenters. The van der Waals surface area contributed by atoms with Gasteiger partial charge in [-0.1, -0.05) is 26.7 Å². The zero-order chi connectivity index (χ0) is 12.5. The fourth-order valence-corrected chi connectivity index (χ4v) is 3.44. The van der Waals surface area contributed by atoms with Crippen molar-refractivity contribution in [3.05, 3.63) is 18.5 Å². The molecule has 0 saturated carbocycles. The Morgan fingerprint density at radius 2 is 2.12 bits per heavy atom. The topological polar surface area (TPSA) is 71.1 Å². The lowest BCUT2D eigenvalue weighted by Gasteiger charge is -2.32. The molecule has 2 N–H and O–H groups in total. The number of rotatable bonds is 3. The first-order valence-corrected chi connectivity index (χ1v) is 7.29. The Hall–Kier alpha value is -1.14. The third kappa shape index (κ3) is 2.28. The van der Waals surface area contributed by atoms with Gasteiger partial charge in [-0.25, -0.2) is 8.42 Å². The van der Waals surface area contributed by atoms with Gasteiger partial charge in [-0.2, -0.15) is 4.72 Å². The van der Waals surface area contributed by atoms with E-state index in [-0.39, 0.29) is 17.0 Å². The molecule has 0 radical (unpaired) electrons. The van der Waals surface area contributed by atoms with E-state index in [0.29, 0.717) is 5.69 Å². The molecule has 0 fully saturated rings. The van der Waals surface area contributed by atoms with E-state index in [9.17, 15) is 8.42 Å². The fourth-order valence-electron chi connectivity index (χ4n) is 2.12. The van der Waals surface area contributed by atoms with Crippen molar-refractivity contribution in [1.82, 2.24) is 9.71 Å². The summed E-state index contributed by atoms with van der Waals surface area (Å²) in [6, 6.07) is 1.70. The van der Waals surface area contributed by atoms with Gasteiger partial charge in [-0.3, -0.25) is 4.98 Å². The highest BCUT2D eigenvalue weighted by molar-refractivity contribution is 7.89. The first-order chi connectivity index (χ1) is 8.08. The van der Waals surface area contributed by atoms with E-state index >= 15 is 0 Å². The van der Waals surface area contributed by atoms with E-state index in [0.717, 1.165) is 12.8 Å².